The number of phenols is 1. The maximum atomic E-state index is 12.6. The van der Waals surface area contributed by atoms with E-state index in [0.717, 1.165) is 17.7 Å². The van der Waals surface area contributed by atoms with Crippen molar-refractivity contribution >= 4 is 17.5 Å². The lowest BCUT2D eigenvalue weighted by Crippen LogP contribution is -2.43. The van der Waals surface area contributed by atoms with Crippen molar-refractivity contribution in [2.75, 3.05) is 0 Å². The van der Waals surface area contributed by atoms with Gasteiger partial charge >= 0.3 is 0 Å². The molecule has 1 aliphatic heterocycles. The maximum absolute atomic E-state index is 12.6. The number of carbonyl (C=O) groups excluding carboxylic acids is 2. The summed E-state index contributed by atoms with van der Waals surface area (Å²) in [5.41, 5.74) is 4.14. The summed E-state index contributed by atoms with van der Waals surface area (Å²) in [5.74, 6) is -1.42. The average molecular weight is 410 g/mol. The molecule has 0 bridgehead atoms. The summed E-state index contributed by atoms with van der Waals surface area (Å²) >= 11 is 0. The highest BCUT2D eigenvalue weighted by molar-refractivity contribution is 6.01. The third kappa shape index (κ3) is 3.97. The van der Waals surface area contributed by atoms with Crippen LogP contribution in [0.1, 0.15) is 53.3 Å². The van der Waals surface area contributed by atoms with Crippen LogP contribution in [-0.4, -0.2) is 38.9 Å². The van der Waals surface area contributed by atoms with Crippen LogP contribution in [0, 0.1) is 5.92 Å². The zero-order valence-corrected chi connectivity index (χ0v) is 16.1. The van der Waals surface area contributed by atoms with Crippen LogP contribution in [0.2, 0.25) is 0 Å². The van der Waals surface area contributed by atoms with Crippen LogP contribution in [0.3, 0.4) is 0 Å². The minimum atomic E-state index is -0.501. The number of carbonyl (C=O) groups is 2. The Morgan fingerprint density at radius 1 is 1.13 bits per heavy atom. The van der Waals surface area contributed by atoms with Crippen molar-refractivity contribution in [2.45, 2.75) is 37.8 Å². The van der Waals surface area contributed by atoms with E-state index >= 15 is 0 Å². The topological polar surface area (TPSA) is 133 Å². The molecule has 9 nitrogen and oxygen atoms in total. The molecule has 1 fully saturated rings. The second-order valence-corrected chi connectivity index (χ2v) is 7.44. The van der Waals surface area contributed by atoms with Crippen LogP contribution < -0.4 is 10.8 Å². The molecule has 2 heterocycles. The number of aromatic nitrogens is 1. The molecule has 3 atom stereocenters. The molecular formula is C21H22N4O5. The van der Waals surface area contributed by atoms with Gasteiger partial charge in [-0.15, -0.1) is 0 Å². The summed E-state index contributed by atoms with van der Waals surface area (Å²) in [5, 5.41) is 26.3. The van der Waals surface area contributed by atoms with E-state index in [-0.39, 0.29) is 23.3 Å². The number of nitrogens with one attached hydrogen (secondary N) is 2. The highest BCUT2D eigenvalue weighted by atomic mass is 16.6. The second kappa shape index (κ2) is 8.50. The molecule has 2 amide bonds. The predicted molar refractivity (Wildman–Crippen MR) is 106 cm³/mol. The highest BCUT2D eigenvalue weighted by Crippen LogP contribution is 2.35. The van der Waals surface area contributed by atoms with Gasteiger partial charge in [0.1, 0.15) is 5.75 Å². The number of benzene rings is 1. The maximum Gasteiger partial charge on any atom is 0.251 e. The van der Waals surface area contributed by atoms with E-state index in [4.69, 9.17) is 10.0 Å². The molecule has 156 valence electrons. The van der Waals surface area contributed by atoms with Crippen molar-refractivity contribution in [3.8, 4) is 5.75 Å². The number of hydroxylamine groups is 1. The Labute approximate surface area is 172 Å². The minimum Gasteiger partial charge on any atom is -0.507 e. The first-order valence-corrected chi connectivity index (χ1v) is 9.77. The van der Waals surface area contributed by atoms with Gasteiger partial charge in [0.2, 0.25) is 5.91 Å². The lowest BCUT2D eigenvalue weighted by Gasteiger charge is -2.19. The number of hydrogen-bond donors (Lipinski definition) is 4. The number of nitrogens with zero attached hydrogens (tertiary/aromatic N) is 2. The van der Waals surface area contributed by atoms with E-state index in [1.807, 2.05) is 12.1 Å². The van der Waals surface area contributed by atoms with Crippen LogP contribution in [0.4, 0.5) is 0 Å². The molecule has 1 unspecified atom stereocenters. The van der Waals surface area contributed by atoms with E-state index in [0.29, 0.717) is 24.8 Å². The highest BCUT2D eigenvalue weighted by Gasteiger charge is 2.34. The Balaban J connectivity index is 1.42. The molecule has 1 saturated carbocycles. The van der Waals surface area contributed by atoms with Crippen LogP contribution in [0.5, 0.6) is 5.75 Å². The van der Waals surface area contributed by atoms with Gasteiger partial charge in [-0.2, -0.15) is 0 Å². The van der Waals surface area contributed by atoms with Crippen LogP contribution in [0.15, 0.2) is 47.9 Å². The Hall–Kier alpha value is -3.46. The monoisotopic (exact) mass is 410 g/mol. The number of oxime groups is 1. The molecule has 2 aliphatic rings. The van der Waals surface area contributed by atoms with Gasteiger partial charge in [0.15, 0.2) is 6.10 Å². The van der Waals surface area contributed by atoms with Gasteiger partial charge in [-0.25, -0.2) is 5.48 Å². The van der Waals surface area contributed by atoms with E-state index in [9.17, 15) is 14.7 Å². The molecule has 0 spiro atoms. The Morgan fingerprint density at radius 3 is 2.67 bits per heavy atom. The zero-order valence-electron chi connectivity index (χ0n) is 16.1. The lowest BCUT2D eigenvalue weighted by atomic mass is 9.98. The van der Waals surface area contributed by atoms with Crippen LogP contribution in [0.25, 0.3) is 0 Å². The van der Waals surface area contributed by atoms with Gasteiger partial charge in [0.25, 0.3) is 5.91 Å². The molecule has 9 heteroatoms. The lowest BCUT2D eigenvalue weighted by molar-refractivity contribution is -0.133. The van der Waals surface area contributed by atoms with E-state index in [1.165, 1.54) is 6.07 Å². The van der Waals surface area contributed by atoms with Gasteiger partial charge in [-0.05, 0) is 37.1 Å². The number of pyridine rings is 1. The van der Waals surface area contributed by atoms with Gasteiger partial charge in [0, 0.05) is 41.5 Å². The molecule has 0 saturated heterocycles. The Morgan fingerprint density at radius 2 is 1.93 bits per heavy atom. The zero-order chi connectivity index (χ0) is 21.1. The number of phenolic OH excluding ortho intramolecular Hbond substituents is 1. The fraction of sp³-hybridized carbons (Fsp3) is 0.333. The van der Waals surface area contributed by atoms with Gasteiger partial charge in [-0.3, -0.25) is 19.8 Å². The molecule has 2 aromatic rings. The normalized spacial score (nSPS) is 22.8. The van der Waals surface area contributed by atoms with Gasteiger partial charge in [0.05, 0.1) is 11.6 Å². The summed E-state index contributed by atoms with van der Waals surface area (Å²) in [7, 11) is 0. The quantitative estimate of drug-likeness (QED) is 0.440. The number of hydrogen-bond acceptors (Lipinski definition) is 7. The van der Waals surface area contributed by atoms with Crippen LogP contribution >= 0.6 is 0 Å². The van der Waals surface area contributed by atoms with Gasteiger partial charge < -0.3 is 15.3 Å². The fourth-order valence-corrected chi connectivity index (χ4v) is 4.00. The summed E-state index contributed by atoms with van der Waals surface area (Å²) in [6.07, 6.45) is 5.43. The summed E-state index contributed by atoms with van der Waals surface area (Å²) < 4.78 is 0. The predicted octanol–water partition coefficient (Wildman–Crippen LogP) is 2.06. The molecule has 1 aromatic carbocycles. The summed E-state index contributed by atoms with van der Waals surface area (Å²) in [6, 6.07) is 7.95. The molecule has 30 heavy (non-hydrogen) atoms. The molecular weight excluding hydrogens is 388 g/mol. The smallest absolute Gasteiger partial charge is 0.251 e. The standard InChI is InChI=1S/C21H22N4O5/c26-18-10-13(20(27)23-16-3-1-2-14(16)21(28)24-29)4-5-15(18)19-11-17(25-30-19)12-6-8-22-9-7-12/h4-10,14,16,19,26,29H,1-3,11H2,(H,23,27)(H,24,28)/t14-,16+,19?/m0/s1. The van der Waals surface area contributed by atoms with E-state index in [2.05, 4.69) is 15.5 Å². The molecule has 1 aliphatic carbocycles. The minimum absolute atomic E-state index is 0.0603. The Kier molecular flexibility index (Phi) is 5.62. The van der Waals surface area contributed by atoms with Crippen molar-refractivity contribution in [3.63, 3.8) is 0 Å². The van der Waals surface area contributed by atoms with Gasteiger partial charge in [-0.1, -0.05) is 17.6 Å². The van der Waals surface area contributed by atoms with Crippen molar-refractivity contribution in [3.05, 3.63) is 59.4 Å². The van der Waals surface area contributed by atoms with Crippen LogP contribution in [-0.2, 0) is 9.63 Å². The first-order valence-electron chi connectivity index (χ1n) is 9.77. The van der Waals surface area contributed by atoms with Crippen molar-refractivity contribution in [1.82, 2.24) is 15.8 Å². The number of amides is 2. The summed E-state index contributed by atoms with van der Waals surface area (Å²) in [6.45, 7) is 0. The SMILES string of the molecule is O=C(N[C@@H]1CCC[C@@H]1C(=O)NO)c1ccc(C2CC(c3ccncc3)=NO2)c(O)c1. The number of rotatable bonds is 5. The molecule has 4 N–H and O–H groups in total. The molecule has 0 radical (unpaired) electrons. The van der Waals surface area contributed by atoms with Crippen molar-refractivity contribution in [2.24, 2.45) is 11.1 Å². The number of aromatic hydroxyl groups is 1. The second-order valence-electron chi connectivity index (χ2n) is 7.44. The first-order chi connectivity index (χ1) is 14.6. The first kappa shape index (κ1) is 19.8. The molecule has 1 aromatic heterocycles. The average Bonchev–Trinajstić information content (AvgIpc) is 3.43. The summed E-state index contributed by atoms with van der Waals surface area (Å²) in [4.78, 5) is 33.8. The fourth-order valence-electron chi connectivity index (χ4n) is 4.00. The third-order valence-corrected chi connectivity index (χ3v) is 5.60. The van der Waals surface area contributed by atoms with Crippen molar-refractivity contribution in [1.29, 1.82) is 0 Å². The Bertz CT molecular complexity index is 979. The third-order valence-electron chi connectivity index (χ3n) is 5.60. The van der Waals surface area contributed by atoms with Crippen molar-refractivity contribution < 1.29 is 24.7 Å². The molecule has 4 rings (SSSR count). The van der Waals surface area contributed by atoms with E-state index in [1.54, 1.807) is 30.0 Å². The van der Waals surface area contributed by atoms with E-state index < -0.39 is 17.9 Å². The largest absolute Gasteiger partial charge is 0.507 e.